The van der Waals surface area contributed by atoms with E-state index in [2.05, 4.69) is 41.6 Å². The van der Waals surface area contributed by atoms with Gasteiger partial charge < -0.3 is 10.6 Å². The largest absolute Gasteiger partial charge is 0.345 e. The maximum absolute atomic E-state index is 12.8. The lowest BCUT2D eigenvalue weighted by Crippen LogP contribution is -2.44. The predicted octanol–water partition coefficient (Wildman–Crippen LogP) is 2.83. The van der Waals surface area contributed by atoms with Crippen LogP contribution in [-0.4, -0.2) is 24.0 Å². The average molecular weight is 323 g/mol. The first-order valence-corrected chi connectivity index (χ1v) is 8.91. The monoisotopic (exact) mass is 323 g/mol. The summed E-state index contributed by atoms with van der Waals surface area (Å²) in [6, 6.07) is 10.2. The van der Waals surface area contributed by atoms with Gasteiger partial charge in [0.2, 0.25) is 5.91 Å². The van der Waals surface area contributed by atoms with Crippen LogP contribution in [0, 0.1) is 17.8 Å². The van der Waals surface area contributed by atoms with Crippen LogP contribution in [0.2, 0.25) is 0 Å². The molecule has 4 heteroatoms. The van der Waals surface area contributed by atoms with E-state index in [4.69, 9.17) is 0 Å². The van der Waals surface area contributed by atoms with Crippen molar-refractivity contribution >= 4 is 16.7 Å². The molecular weight excluding hydrogens is 298 g/mol. The fourth-order valence-corrected chi connectivity index (χ4v) is 4.47. The SMILES string of the molecule is CC(C)(NC(=O)C1CC2CNCC2C1)c1nccc2ccccc12. The number of hydrogen-bond acceptors (Lipinski definition) is 3. The molecule has 2 heterocycles. The maximum Gasteiger partial charge on any atom is 0.223 e. The average Bonchev–Trinajstić information content (AvgIpc) is 3.15. The second kappa shape index (κ2) is 5.85. The Morgan fingerprint density at radius 1 is 1.17 bits per heavy atom. The minimum Gasteiger partial charge on any atom is -0.345 e. The number of benzene rings is 1. The summed E-state index contributed by atoms with van der Waals surface area (Å²) < 4.78 is 0. The Balaban J connectivity index is 1.55. The first kappa shape index (κ1) is 15.6. The molecule has 0 spiro atoms. The van der Waals surface area contributed by atoms with E-state index in [1.54, 1.807) is 0 Å². The molecule has 2 unspecified atom stereocenters. The highest BCUT2D eigenvalue weighted by Crippen LogP contribution is 2.39. The van der Waals surface area contributed by atoms with Gasteiger partial charge >= 0.3 is 0 Å². The van der Waals surface area contributed by atoms with Crippen LogP contribution >= 0.6 is 0 Å². The van der Waals surface area contributed by atoms with E-state index in [1.807, 2.05) is 24.4 Å². The number of hydrogen-bond donors (Lipinski definition) is 2. The summed E-state index contributed by atoms with van der Waals surface area (Å²) >= 11 is 0. The van der Waals surface area contributed by atoms with Gasteiger partial charge in [-0.25, -0.2) is 0 Å². The van der Waals surface area contributed by atoms with Crippen LogP contribution in [0.3, 0.4) is 0 Å². The standard InChI is InChI=1S/C20H25N3O/c1-20(2,18-17-6-4-3-5-13(17)7-8-22-18)23-19(24)14-9-15-11-21-12-16(15)10-14/h3-8,14-16,21H,9-12H2,1-2H3,(H,23,24). The molecule has 2 aliphatic rings. The molecule has 1 aromatic heterocycles. The molecule has 1 amide bonds. The number of fused-ring (bicyclic) bond motifs is 2. The molecule has 2 atom stereocenters. The predicted molar refractivity (Wildman–Crippen MR) is 95.5 cm³/mol. The van der Waals surface area contributed by atoms with Crippen molar-refractivity contribution in [1.82, 2.24) is 15.6 Å². The van der Waals surface area contributed by atoms with E-state index >= 15 is 0 Å². The van der Waals surface area contributed by atoms with Gasteiger partial charge in [0.1, 0.15) is 0 Å². The maximum atomic E-state index is 12.8. The fraction of sp³-hybridized carbons (Fsp3) is 0.500. The topological polar surface area (TPSA) is 54.0 Å². The van der Waals surface area contributed by atoms with Crippen LogP contribution in [0.4, 0.5) is 0 Å². The van der Waals surface area contributed by atoms with E-state index in [0.29, 0.717) is 11.8 Å². The summed E-state index contributed by atoms with van der Waals surface area (Å²) in [7, 11) is 0. The van der Waals surface area contributed by atoms with Crippen molar-refractivity contribution in [3.63, 3.8) is 0 Å². The van der Waals surface area contributed by atoms with Crippen LogP contribution in [0.1, 0.15) is 32.4 Å². The van der Waals surface area contributed by atoms with Gasteiger partial charge in [-0.3, -0.25) is 9.78 Å². The van der Waals surface area contributed by atoms with Crippen molar-refractivity contribution in [2.24, 2.45) is 17.8 Å². The molecule has 1 aliphatic heterocycles. The van der Waals surface area contributed by atoms with Crippen molar-refractivity contribution in [2.45, 2.75) is 32.2 Å². The Morgan fingerprint density at radius 3 is 2.62 bits per heavy atom. The molecule has 4 rings (SSSR count). The number of nitrogens with one attached hydrogen (secondary N) is 2. The highest BCUT2D eigenvalue weighted by molar-refractivity contribution is 5.86. The Kier molecular flexibility index (Phi) is 3.80. The van der Waals surface area contributed by atoms with E-state index in [-0.39, 0.29) is 11.8 Å². The summed E-state index contributed by atoms with van der Waals surface area (Å²) in [5.41, 5.74) is 0.460. The van der Waals surface area contributed by atoms with E-state index in [9.17, 15) is 4.79 Å². The Hall–Kier alpha value is -1.94. The third-order valence-corrected chi connectivity index (χ3v) is 5.73. The molecule has 0 bridgehead atoms. The second-order valence-corrected chi connectivity index (χ2v) is 7.84. The third kappa shape index (κ3) is 2.69. The van der Waals surface area contributed by atoms with Gasteiger partial charge in [0.25, 0.3) is 0 Å². The lowest BCUT2D eigenvalue weighted by atomic mass is 9.93. The van der Waals surface area contributed by atoms with Crippen LogP contribution < -0.4 is 10.6 Å². The summed E-state index contributed by atoms with van der Waals surface area (Å²) in [6.45, 7) is 6.25. The van der Waals surface area contributed by atoms with Gasteiger partial charge in [0.05, 0.1) is 11.2 Å². The van der Waals surface area contributed by atoms with Gasteiger partial charge in [-0.05, 0) is 63.1 Å². The number of aromatic nitrogens is 1. The van der Waals surface area contributed by atoms with Crippen LogP contribution in [0.15, 0.2) is 36.5 Å². The molecule has 24 heavy (non-hydrogen) atoms. The van der Waals surface area contributed by atoms with Gasteiger partial charge in [0.15, 0.2) is 0 Å². The van der Waals surface area contributed by atoms with Crippen LogP contribution in [0.5, 0.6) is 0 Å². The van der Waals surface area contributed by atoms with Crippen LogP contribution in [0.25, 0.3) is 10.8 Å². The van der Waals surface area contributed by atoms with Gasteiger partial charge in [-0.1, -0.05) is 24.3 Å². The number of carbonyl (C=O) groups is 1. The molecule has 2 aromatic rings. The van der Waals surface area contributed by atoms with Crippen molar-refractivity contribution < 1.29 is 4.79 Å². The van der Waals surface area contributed by atoms with Gasteiger partial charge in [-0.2, -0.15) is 0 Å². The number of amides is 1. The lowest BCUT2D eigenvalue weighted by Gasteiger charge is -2.28. The molecule has 1 saturated carbocycles. The minimum atomic E-state index is -0.478. The van der Waals surface area contributed by atoms with E-state index in [1.165, 1.54) is 0 Å². The highest BCUT2D eigenvalue weighted by Gasteiger charge is 2.41. The summed E-state index contributed by atoms with van der Waals surface area (Å²) in [5, 5.41) is 8.98. The quantitative estimate of drug-likeness (QED) is 0.913. The zero-order chi connectivity index (χ0) is 16.7. The molecule has 1 saturated heterocycles. The number of rotatable bonds is 3. The Morgan fingerprint density at radius 2 is 1.88 bits per heavy atom. The van der Waals surface area contributed by atoms with Crippen molar-refractivity contribution in [2.75, 3.05) is 13.1 Å². The molecule has 2 N–H and O–H groups in total. The fourth-order valence-electron chi connectivity index (χ4n) is 4.47. The second-order valence-electron chi connectivity index (χ2n) is 7.84. The van der Waals surface area contributed by atoms with Crippen molar-refractivity contribution in [3.05, 3.63) is 42.2 Å². The molecular formula is C20H25N3O. The van der Waals surface area contributed by atoms with E-state index in [0.717, 1.165) is 42.4 Å². The molecule has 4 nitrogen and oxygen atoms in total. The molecule has 126 valence electrons. The summed E-state index contributed by atoms with van der Waals surface area (Å²) in [6.07, 6.45) is 3.86. The highest BCUT2D eigenvalue weighted by atomic mass is 16.2. The Bertz CT molecular complexity index is 753. The van der Waals surface area contributed by atoms with E-state index < -0.39 is 5.54 Å². The normalized spacial score (nSPS) is 26.5. The zero-order valence-corrected chi connectivity index (χ0v) is 14.4. The molecule has 1 aliphatic carbocycles. The molecule has 0 radical (unpaired) electrons. The smallest absolute Gasteiger partial charge is 0.223 e. The number of pyridine rings is 1. The van der Waals surface area contributed by atoms with Crippen molar-refractivity contribution in [3.8, 4) is 0 Å². The first-order chi connectivity index (χ1) is 11.5. The summed E-state index contributed by atoms with van der Waals surface area (Å²) in [4.78, 5) is 17.4. The lowest BCUT2D eigenvalue weighted by molar-refractivity contribution is -0.126. The van der Waals surface area contributed by atoms with Crippen LogP contribution in [-0.2, 0) is 10.3 Å². The molecule has 1 aromatic carbocycles. The minimum absolute atomic E-state index is 0.149. The number of carbonyl (C=O) groups excluding carboxylic acids is 1. The molecule has 2 fully saturated rings. The third-order valence-electron chi connectivity index (χ3n) is 5.73. The zero-order valence-electron chi connectivity index (χ0n) is 14.4. The Labute approximate surface area is 143 Å². The summed E-state index contributed by atoms with van der Waals surface area (Å²) in [5.74, 6) is 1.69. The van der Waals surface area contributed by atoms with Gasteiger partial charge in [-0.15, -0.1) is 0 Å². The number of nitrogens with zero attached hydrogens (tertiary/aromatic N) is 1. The van der Waals surface area contributed by atoms with Crippen molar-refractivity contribution in [1.29, 1.82) is 0 Å². The van der Waals surface area contributed by atoms with Gasteiger partial charge in [0, 0.05) is 17.5 Å². The first-order valence-electron chi connectivity index (χ1n) is 8.91.